The number of hydrogen-bond donors (Lipinski definition) is 1. The molecule has 2 saturated heterocycles. The largest absolute Gasteiger partial charge is 0.454 e. The topological polar surface area (TPSA) is 143 Å². The molecule has 0 aliphatic carbocycles. The average Bonchev–Trinajstić information content (AvgIpc) is 3.00. The number of nitrogens with one attached hydrogen (secondary N) is 1. The molecular weight excluding hydrogens is 420 g/mol. The van der Waals surface area contributed by atoms with E-state index in [2.05, 4.69) is 20.9 Å². The van der Waals surface area contributed by atoms with Gasteiger partial charge in [0.1, 0.15) is 6.10 Å². The molecule has 0 spiro atoms. The first kappa shape index (κ1) is 18.3. The second kappa shape index (κ2) is 6.68. The van der Waals surface area contributed by atoms with Crippen LogP contribution in [0.15, 0.2) is 20.3 Å². The van der Waals surface area contributed by atoms with Gasteiger partial charge in [-0.25, -0.2) is 9.59 Å². The van der Waals surface area contributed by atoms with Crippen molar-refractivity contribution in [2.75, 3.05) is 0 Å². The lowest BCUT2D eigenvalue weighted by molar-refractivity contribution is -0.174. The van der Waals surface area contributed by atoms with Crippen LogP contribution in [0.25, 0.3) is 0 Å². The fourth-order valence-corrected chi connectivity index (χ4v) is 3.18. The first-order valence-electron chi connectivity index (χ1n) is 7.40. The van der Waals surface area contributed by atoms with E-state index < -0.39 is 59.8 Å². The van der Waals surface area contributed by atoms with Crippen LogP contribution >= 0.6 is 15.9 Å². The lowest BCUT2D eigenvalue weighted by Crippen LogP contribution is -2.40. The summed E-state index contributed by atoms with van der Waals surface area (Å²) < 4.78 is 21.9. The Morgan fingerprint density at radius 2 is 1.81 bits per heavy atom. The Labute approximate surface area is 153 Å². The predicted octanol–water partition coefficient (Wildman–Crippen LogP) is -1.01. The van der Waals surface area contributed by atoms with Crippen LogP contribution in [0.3, 0.4) is 0 Å². The Morgan fingerprint density at radius 1 is 1.15 bits per heavy atom. The molecule has 5 atom stereocenters. The Balaban J connectivity index is 2.01. The van der Waals surface area contributed by atoms with Gasteiger partial charge in [-0.2, -0.15) is 0 Å². The van der Waals surface area contributed by atoms with E-state index in [1.54, 1.807) is 0 Å². The van der Waals surface area contributed by atoms with Crippen molar-refractivity contribution in [2.24, 2.45) is 0 Å². The molecule has 12 heteroatoms. The fourth-order valence-electron chi connectivity index (χ4n) is 2.86. The van der Waals surface area contributed by atoms with E-state index in [1.165, 1.54) is 0 Å². The molecule has 0 saturated carbocycles. The van der Waals surface area contributed by atoms with Gasteiger partial charge in [-0.15, -0.1) is 0 Å². The van der Waals surface area contributed by atoms with Crippen molar-refractivity contribution < 1.29 is 33.3 Å². The maximum Gasteiger partial charge on any atom is 0.350 e. The summed E-state index contributed by atoms with van der Waals surface area (Å²) in [5, 5.41) is 0. The van der Waals surface area contributed by atoms with E-state index in [0.29, 0.717) is 0 Å². The van der Waals surface area contributed by atoms with Crippen LogP contribution in [0.4, 0.5) is 0 Å². The van der Waals surface area contributed by atoms with Gasteiger partial charge in [0.2, 0.25) is 6.10 Å². The molecule has 140 valence electrons. The zero-order valence-electron chi connectivity index (χ0n) is 13.5. The van der Waals surface area contributed by atoms with Gasteiger partial charge in [-0.1, -0.05) is 0 Å². The molecule has 3 rings (SSSR count). The summed E-state index contributed by atoms with van der Waals surface area (Å²) in [6.45, 7) is 2.25. The van der Waals surface area contributed by atoms with Crippen molar-refractivity contribution in [3.63, 3.8) is 0 Å². The number of aromatic amines is 1. The van der Waals surface area contributed by atoms with Crippen LogP contribution in [0, 0.1) is 0 Å². The molecule has 1 aromatic rings. The predicted molar refractivity (Wildman–Crippen MR) is 83.9 cm³/mol. The number of carbonyl (C=O) groups is 3. The Hall–Kier alpha value is -2.47. The van der Waals surface area contributed by atoms with Gasteiger partial charge in [-0.05, 0) is 15.9 Å². The number of rotatable bonds is 3. The summed E-state index contributed by atoms with van der Waals surface area (Å²) >= 11 is 2.99. The van der Waals surface area contributed by atoms with Gasteiger partial charge in [0.25, 0.3) is 5.56 Å². The normalized spacial score (nSPS) is 29.8. The summed E-state index contributed by atoms with van der Waals surface area (Å²) in [5.74, 6) is -2.28. The average molecular weight is 433 g/mol. The highest BCUT2D eigenvalue weighted by molar-refractivity contribution is 9.10. The number of hydrogen-bond acceptors (Lipinski definition) is 9. The van der Waals surface area contributed by atoms with E-state index in [0.717, 1.165) is 24.6 Å². The Morgan fingerprint density at radius 3 is 2.42 bits per heavy atom. The highest BCUT2D eigenvalue weighted by Gasteiger charge is 2.61. The highest BCUT2D eigenvalue weighted by Crippen LogP contribution is 2.39. The van der Waals surface area contributed by atoms with Crippen LogP contribution in [-0.4, -0.2) is 51.9 Å². The van der Waals surface area contributed by atoms with E-state index in [1.807, 2.05) is 0 Å². The number of H-pyrrole nitrogens is 1. The van der Waals surface area contributed by atoms with Gasteiger partial charge >= 0.3 is 23.6 Å². The maximum atomic E-state index is 12.1. The summed E-state index contributed by atoms with van der Waals surface area (Å²) in [5.41, 5.74) is -1.48. The van der Waals surface area contributed by atoms with Crippen LogP contribution in [0.1, 0.15) is 20.1 Å². The third-order valence-corrected chi connectivity index (χ3v) is 4.37. The van der Waals surface area contributed by atoms with Crippen LogP contribution < -0.4 is 11.2 Å². The third-order valence-electron chi connectivity index (χ3n) is 3.80. The molecule has 2 aliphatic heterocycles. The summed E-state index contributed by atoms with van der Waals surface area (Å²) in [6, 6.07) is 0. The second-order valence-electron chi connectivity index (χ2n) is 5.64. The molecule has 0 unspecified atom stereocenters. The first-order valence-corrected chi connectivity index (χ1v) is 8.19. The van der Waals surface area contributed by atoms with E-state index >= 15 is 0 Å². The standard InChI is InChI=1S/C14H13BrN2O9/c1-4(18)23-9-7-8(10(13(21)26-7)24-5(2)19)25-12(9)17-3-6(15)11(20)16-14(17)22/h3,7-10,12H,1-2H3,(H,16,20,22)/t7-,8-,9+,10-,12-/m0/s1. The quantitative estimate of drug-likeness (QED) is 0.468. The summed E-state index contributed by atoms with van der Waals surface area (Å²) in [6.07, 6.45) is -4.76. The zero-order valence-corrected chi connectivity index (χ0v) is 15.0. The van der Waals surface area contributed by atoms with Crippen molar-refractivity contribution in [1.82, 2.24) is 9.55 Å². The highest BCUT2D eigenvalue weighted by atomic mass is 79.9. The third kappa shape index (κ3) is 3.17. The molecule has 0 amide bonds. The van der Waals surface area contributed by atoms with E-state index in [4.69, 9.17) is 18.9 Å². The first-order chi connectivity index (χ1) is 12.2. The lowest BCUT2D eigenvalue weighted by Gasteiger charge is -2.23. The second-order valence-corrected chi connectivity index (χ2v) is 6.49. The summed E-state index contributed by atoms with van der Waals surface area (Å²) in [7, 11) is 0. The van der Waals surface area contributed by atoms with E-state index in [-0.39, 0.29) is 4.47 Å². The molecule has 11 nitrogen and oxygen atoms in total. The molecule has 1 N–H and O–H groups in total. The van der Waals surface area contributed by atoms with Crippen LogP contribution in [-0.2, 0) is 33.3 Å². The SMILES string of the molecule is CC(=O)O[C@@H]1[C@H]2OC(=O)[C@@H](OC(C)=O)[C@H]2O[C@@H]1n1cc(Br)c(=O)[nH]c1=O. The number of nitrogens with zero attached hydrogens (tertiary/aromatic N) is 1. The zero-order chi connectivity index (χ0) is 19.2. The number of ether oxygens (including phenoxy) is 4. The molecule has 3 heterocycles. The molecule has 2 fully saturated rings. The molecule has 2 aliphatic rings. The molecule has 0 bridgehead atoms. The van der Waals surface area contributed by atoms with Crippen LogP contribution in [0.5, 0.6) is 0 Å². The van der Waals surface area contributed by atoms with Crippen molar-refractivity contribution in [1.29, 1.82) is 0 Å². The Bertz CT molecular complexity index is 891. The Kier molecular flexibility index (Phi) is 4.71. The fraction of sp³-hybridized carbons (Fsp3) is 0.500. The maximum absolute atomic E-state index is 12.1. The number of esters is 3. The molecule has 0 radical (unpaired) electrons. The van der Waals surface area contributed by atoms with E-state index in [9.17, 15) is 24.0 Å². The van der Waals surface area contributed by atoms with Gasteiger partial charge < -0.3 is 18.9 Å². The molecule has 26 heavy (non-hydrogen) atoms. The monoisotopic (exact) mass is 432 g/mol. The minimum absolute atomic E-state index is 0.0351. The van der Waals surface area contributed by atoms with Crippen molar-refractivity contribution >= 4 is 33.8 Å². The van der Waals surface area contributed by atoms with Gasteiger partial charge in [0.15, 0.2) is 18.4 Å². The molecule has 1 aromatic heterocycles. The van der Waals surface area contributed by atoms with Gasteiger partial charge in [-0.3, -0.25) is 23.9 Å². The number of fused-ring (bicyclic) bond motifs is 1. The number of halogens is 1. The molecule has 0 aromatic carbocycles. The van der Waals surface area contributed by atoms with Crippen LogP contribution in [0.2, 0.25) is 0 Å². The smallest absolute Gasteiger partial charge is 0.350 e. The number of aromatic nitrogens is 2. The number of carbonyl (C=O) groups excluding carboxylic acids is 3. The van der Waals surface area contributed by atoms with Crippen molar-refractivity contribution in [3.05, 3.63) is 31.5 Å². The van der Waals surface area contributed by atoms with Gasteiger partial charge in [0, 0.05) is 20.0 Å². The van der Waals surface area contributed by atoms with Crippen molar-refractivity contribution in [3.8, 4) is 0 Å². The minimum Gasteiger partial charge on any atom is -0.454 e. The minimum atomic E-state index is -1.36. The van der Waals surface area contributed by atoms with Crippen molar-refractivity contribution in [2.45, 2.75) is 44.5 Å². The van der Waals surface area contributed by atoms with Gasteiger partial charge in [0.05, 0.1) is 4.47 Å². The lowest BCUT2D eigenvalue weighted by atomic mass is 10.1. The molecular formula is C14H13BrN2O9. The summed E-state index contributed by atoms with van der Waals surface area (Å²) in [4.78, 5) is 60.3.